The summed E-state index contributed by atoms with van der Waals surface area (Å²) in [6.07, 6.45) is 2.01. The zero-order valence-electron chi connectivity index (χ0n) is 11.2. The maximum absolute atomic E-state index is 12.1. The molecule has 3 rings (SSSR count). The van der Waals surface area contributed by atoms with Crippen molar-refractivity contribution in [3.63, 3.8) is 0 Å². The molecule has 104 valence electrons. The fraction of sp³-hybridized carbons (Fsp3) is 0.0588. The van der Waals surface area contributed by atoms with Crippen LogP contribution in [0.25, 0.3) is 10.8 Å². The summed E-state index contributed by atoms with van der Waals surface area (Å²) in [5.41, 5.74) is 1.68. The van der Waals surface area contributed by atoms with Crippen LogP contribution >= 0.6 is 15.9 Å². The van der Waals surface area contributed by atoms with Crippen molar-refractivity contribution in [2.24, 2.45) is 0 Å². The molecule has 2 aromatic carbocycles. The third-order valence-corrected chi connectivity index (χ3v) is 3.84. The first-order valence-electron chi connectivity index (χ1n) is 6.60. The Morgan fingerprint density at radius 2 is 1.86 bits per heavy atom. The van der Waals surface area contributed by atoms with Gasteiger partial charge in [0.15, 0.2) is 0 Å². The van der Waals surface area contributed by atoms with Gasteiger partial charge in [0.2, 0.25) is 5.91 Å². The van der Waals surface area contributed by atoms with Crippen LogP contribution in [0.3, 0.4) is 0 Å². The Morgan fingerprint density at radius 3 is 2.67 bits per heavy atom. The smallest absolute Gasteiger partial charge is 0.228 e. The zero-order valence-corrected chi connectivity index (χ0v) is 12.8. The fourth-order valence-corrected chi connectivity index (χ4v) is 2.56. The summed E-state index contributed by atoms with van der Waals surface area (Å²) in [4.78, 5) is 16.2. The van der Waals surface area contributed by atoms with E-state index >= 15 is 0 Å². The number of halogens is 1. The Balaban J connectivity index is 1.75. The molecule has 1 heterocycles. The maximum atomic E-state index is 12.1. The van der Waals surface area contributed by atoms with Crippen molar-refractivity contribution >= 4 is 38.3 Å². The topological polar surface area (TPSA) is 42.0 Å². The lowest BCUT2D eigenvalue weighted by atomic mass is 10.0. The summed E-state index contributed by atoms with van der Waals surface area (Å²) >= 11 is 3.32. The maximum Gasteiger partial charge on any atom is 0.228 e. The molecule has 3 nitrogen and oxygen atoms in total. The molecule has 4 heteroatoms. The summed E-state index contributed by atoms with van der Waals surface area (Å²) in [6.45, 7) is 0. The van der Waals surface area contributed by atoms with E-state index in [-0.39, 0.29) is 5.91 Å². The molecule has 1 aromatic heterocycles. The second-order valence-corrected chi connectivity index (χ2v) is 5.50. The Kier molecular flexibility index (Phi) is 3.97. The lowest BCUT2D eigenvalue weighted by Gasteiger charge is -2.07. The first kappa shape index (κ1) is 13.8. The number of amides is 1. The molecule has 0 saturated carbocycles. The minimum absolute atomic E-state index is 0.0565. The molecular formula is C17H13BrN2O. The number of nitrogens with one attached hydrogen (secondary N) is 1. The number of benzene rings is 2. The molecule has 21 heavy (non-hydrogen) atoms. The van der Waals surface area contributed by atoms with Gasteiger partial charge in [0.25, 0.3) is 0 Å². The van der Waals surface area contributed by atoms with Gasteiger partial charge in [-0.3, -0.25) is 4.79 Å². The van der Waals surface area contributed by atoms with Crippen molar-refractivity contribution in [1.29, 1.82) is 0 Å². The van der Waals surface area contributed by atoms with Crippen molar-refractivity contribution < 1.29 is 4.79 Å². The molecule has 0 spiro atoms. The molecule has 0 aliphatic rings. The average Bonchev–Trinajstić information content (AvgIpc) is 2.49. The van der Waals surface area contributed by atoms with Crippen LogP contribution in [-0.4, -0.2) is 10.9 Å². The number of rotatable bonds is 3. The number of aromatic nitrogens is 1. The molecule has 3 aromatic rings. The predicted molar refractivity (Wildman–Crippen MR) is 88.2 cm³/mol. The van der Waals surface area contributed by atoms with Crippen LogP contribution < -0.4 is 5.32 Å². The first-order valence-corrected chi connectivity index (χ1v) is 7.40. The van der Waals surface area contributed by atoms with Crippen LogP contribution in [0.2, 0.25) is 0 Å². The fourth-order valence-electron chi connectivity index (χ4n) is 2.21. The largest absolute Gasteiger partial charge is 0.323 e. The Hall–Kier alpha value is -2.20. The lowest BCUT2D eigenvalue weighted by molar-refractivity contribution is -0.115. The highest BCUT2D eigenvalue weighted by atomic mass is 79.9. The molecule has 0 aliphatic carbocycles. The highest BCUT2D eigenvalue weighted by molar-refractivity contribution is 9.10. The van der Waals surface area contributed by atoms with Crippen molar-refractivity contribution in [3.05, 3.63) is 71.0 Å². The highest BCUT2D eigenvalue weighted by Crippen LogP contribution is 2.19. The molecule has 0 radical (unpaired) electrons. The number of fused-ring (bicyclic) bond motifs is 1. The van der Waals surface area contributed by atoms with E-state index in [1.54, 1.807) is 12.3 Å². The second-order valence-electron chi connectivity index (χ2n) is 4.75. The number of hydrogen-bond donors (Lipinski definition) is 1. The van der Waals surface area contributed by atoms with E-state index in [2.05, 4.69) is 38.4 Å². The Bertz CT molecular complexity index is 801. The van der Waals surface area contributed by atoms with E-state index in [9.17, 15) is 4.79 Å². The average molecular weight is 341 g/mol. The SMILES string of the molecule is O=C(Cc1ccc2ccccc2c1)Nc1cccnc1Br. The van der Waals surface area contributed by atoms with E-state index in [0.717, 1.165) is 10.9 Å². The molecule has 0 fully saturated rings. The van der Waals surface area contributed by atoms with E-state index < -0.39 is 0 Å². The summed E-state index contributed by atoms with van der Waals surface area (Å²) in [7, 11) is 0. The van der Waals surface area contributed by atoms with Crippen LogP contribution in [0.5, 0.6) is 0 Å². The van der Waals surface area contributed by atoms with Gasteiger partial charge in [0.05, 0.1) is 12.1 Å². The third-order valence-electron chi connectivity index (χ3n) is 3.21. The molecule has 0 bridgehead atoms. The first-order chi connectivity index (χ1) is 10.2. The minimum atomic E-state index is -0.0565. The van der Waals surface area contributed by atoms with Gasteiger partial charge in [-0.2, -0.15) is 0 Å². The zero-order chi connectivity index (χ0) is 14.7. The van der Waals surface area contributed by atoms with Crippen molar-refractivity contribution in [1.82, 2.24) is 4.98 Å². The van der Waals surface area contributed by atoms with E-state index in [4.69, 9.17) is 0 Å². The number of carbonyl (C=O) groups excluding carboxylic acids is 1. The second kappa shape index (κ2) is 6.06. The molecular weight excluding hydrogens is 328 g/mol. The van der Waals surface area contributed by atoms with Crippen molar-refractivity contribution in [3.8, 4) is 0 Å². The Labute approximate surface area is 131 Å². The van der Waals surface area contributed by atoms with Gasteiger partial charge in [-0.1, -0.05) is 42.5 Å². The van der Waals surface area contributed by atoms with Crippen molar-refractivity contribution in [2.75, 3.05) is 5.32 Å². The normalized spacial score (nSPS) is 10.5. The van der Waals surface area contributed by atoms with Gasteiger partial charge in [0, 0.05) is 6.20 Å². The number of nitrogens with zero attached hydrogens (tertiary/aromatic N) is 1. The van der Waals surface area contributed by atoms with Gasteiger partial charge in [-0.05, 0) is 44.4 Å². The number of hydrogen-bond acceptors (Lipinski definition) is 2. The molecule has 0 aliphatic heterocycles. The molecule has 0 unspecified atom stereocenters. The summed E-state index contributed by atoms with van der Waals surface area (Å²) in [6, 6.07) is 17.8. The monoisotopic (exact) mass is 340 g/mol. The molecule has 1 amide bonds. The summed E-state index contributed by atoms with van der Waals surface area (Å²) in [5.74, 6) is -0.0565. The molecule has 0 atom stereocenters. The molecule has 1 N–H and O–H groups in total. The van der Waals surface area contributed by atoms with Gasteiger partial charge in [0.1, 0.15) is 4.60 Å². The van der Waals surface area contributed by atoms with E-state index in [1.165, 1.54) is 5.39 Å². The van der Waals surface area contributed by atoms with Crippen LogP contribution in [0.15, 0.2) is 65.4 Å². The number of anilines is 1. The van der Waals surface area contributed by atoms with Crippen LogP contribution in [0, 0.1) is 0 Å². The van der Waals surface area contributed by atoms with Gasteiger partial charge < -0.3 is 5.32 Å². The number of pyridine rings is 1. The number of carbonyl (C=O) groups is 1. The van der Waals surface area contributed by atoms with E-state index in [0.29, 0.717) is 16.7 Å². The predicted octanol–water partition coefficient (Wildman–Crippen LogP) is 4.18. The minimum Gasteiger partial charge on any atom is -0.323 e. The standard InChI is InChI=1S/C17H13BrN2O/c18-17-15(6-3-9-19-17)20-16(21)11-12-7-8-13-4-1-2-5-14(13)10-12/h1-10H,11H2,(H,20,21). The van der Waals surface area contributed by atoms with E-state index in [1.807, 2.05) is 36.4 Å². The van der Waals surface area contributed by atoms with Crippen LogP contribution in [-0.2, 0) is 11.2 Å². The summed E-state index contributed by atoms with van der Waals surface area (Å²) < 4.78 is 0.636. The Morgan fingerprint density at radius 1 is 1.05 bits per heavy atom. The lowest BCUT2D eigenvalue weighted by Crippen LogP contribution is -2.14. The van der Waals surface area contributed by atoms with Gasteiger partial charge in [-0.25, -0.2) is 4.98 Å². The molecule has 0 saturated heterocycles. The van der Waals surface area contributed by atoms with Gasteiger partial charge in [-0.15, -0.1) is 0 Å². The highest BCUT2D eigenvalue weighted by Gasteiger charge is 2.07. The van der Waals surface area contributed by atoms with Crippen LogP contribution in [0.1, 0.15) is 5.56 Å². The van der Waals surface area contributed by atoms with Gasteiger partial charge >= 0.3 is 0 Å². The third kappa shape index (κ3) is 3.28. The quantitative estimate of drug-likeness (QED) is 0.726. The van der Waals surface area contributed by atoms with Crippen LogP contribution in [0.4, 0.5) is 5.69 Å². The van der Waals surface area contributed by atoms with Crippen molar-refractivity contribution in [2.45, 2.75) is 6.42 Å². The summed E-state index contributed by atoms with van der Waals surface area (Å²) in [5, 5.41) is 5.18.